The maximum Gasteiger partial charge on any atom is 0.100 e. The molecule has 0 aliphatic rings. The molecular weight excluding hydrogens is 164 g/mol. The Morgan fingerprint density at radius 3 is 2.69 bits per heavy atom. The molecule has 1 heterocycles. The maximum atomic E-state index is 9.58. The lowest BCUT2D eigenvalue weighted by atomic mass is 9.88. The zero-order valence-corrected chi connectivity index (χ0v) is 8.33. The molecule has 1 unspecified atom stereocenters. The summed E-state index contributed by atoms with van der Waals surface area (Å²) < 4.78 is 0. The number of aromatic nitrogens is 2. The Hall–Kier alpha value is -1.09. The van der Waals surface area contributed by atoms with Gasteiger partial charge in [0.1, 0.15) is 6.10 Å². The van der Waals surface area contributed by atoms with Gasteiger partial charge in [0.25, 0.3) is 0 Å². The standard InChI is InChI=1S/C10H16N2O/c1-5-8(13)7-6-11-12-9(7)10(2,3)4/h5-6,8,13H,1H2,2-4H3,(H,11,12). The van der Waals surface area contributed by atoms with Crippen molar-refractivity contribution >= 4 is 0 Å². The van der Waals surface area contributed by atoms with Gasteiger partial charge in [0, 0.05) is 16.7 Å². The van der Waals surface area contributed by atoms with Gasteiger partial charge in [0.2, 0.25) is 0 Å². The second-order valence-corrected chi connectivity index (χ2v) is 4.13. The van der Waals surface area contributed by atoms with Crippen LogP contribution in [0.25, 0.3) is 0 Å². The van der Waals surface area contributed by atoms with Gasteiger partial charge in [-0.05, 0) is 0 Å². The van der Waals surface area contributed by atoms with E-state index in [1.807, 2.05) is 0 Å². The van der Waals surface area contributed by atoms with Crippen LogP contribution in [0.4, 0.5) is 0 Å². The van der Waals surface area contributed by atoms with E-state index in [9.17, 15) is 5.11 Å². The van der Waals surface area contributed by atoms with E-state index in [1.54, 1.807) is 6.20 Å². The first-order valence-corrected chi connectivity index (χ1v) is 4.31. The van der Waals surface area contributed by atoms with Crippen LogP contribution in [-0.2, 0) is 5.41 Å². The van der Waals surface area contributed by atoms with Crippen LogP contribution < -0.4 is 0 Å². The van der Waals surface area contributed by atoms with Crippen molar-refractivity contribution in [2.75, 3.05) is 0 Å². The molecule has 0 aliphatic heterocycles. The number of H-pyrrole nitrogens is 1. The molecule has 0 aromatic carbocycles. The number of hydrogen-bond acceptors (Lipinski definition) is 2. The lowest BCUT2D eigenvalue weighted by Gasteiger charge is -2.19. The molecule has 1 aromatic rings. The quantitative estimate of drug-likeness (QED) is 0.683. The van der Waals surface area contributed by atoms with E-state index in [4.69, 9.17) is 0 Å². The van der Waals surface area contributed by atoms with Gasteiger partial charge in [0.15, 0.2) is 0 Å². The molecule has 3 heteroatoms. The van der Waals surface area contributed by atoms with Crippen LogP contribution in [0.1, 0.15) is 38.1 Å². The van der Waals surface area contributed by atoms with Gasteiger partial charge in [0.05, 0.1) is 6.20 Å². The number of aliphatic hydroxyl groups is 1. The topological polar surface area (TPSA) is 48.9 Å². The number of nitrogens with zero attached hydrogens (tertiary/aromatic N) is 1. The molecule has 1 atom stereocenters. The summed E-state index contributed by atoms with van der Waals surface area (Å²) in [6.07, 6.45) is 2.51. The van der Waals surface area contributed by atoms with Crippen LogP contribution in [0.3, 0.4) is 0 Å². The molecule has 0 saturated heterocycles. The minimum atomic E-state index is -0.632. The summed E-state index contributed by atoms with van der Waals surface area (Å²) in [5, 5.41) is 16.4. The normalized spacial score (nSPS) is 14.2. The molecule has 13 heavy (non-hydrogen) atoms. The van der Waals surface area contributed by atoms with Crippen LogP contribution in [0.15, 0.2) is 18.9 Å². The van der Waals surface area contributed by atoms with Crippen molar-refractivity contribution in [3.05, 3.63) is 30.1 Å². The van der Waals surface area contributed by atoms with E-state index in [2.05, 4.69) is 37.5 Å². The van der Waals surface area contributed by atoms with Crippen molar-refractivity contribution in [1.82, 2.24) is 10.2 Å². The fourth-order valence-corrected chi connectivity index (χ4v) is 1.25. The molecule has 0 amide bonds. The van der Waals surface area contributed by atoms with Gasteiger partial charge >= 0.3 is 0 Å². The summed E-state index contributed by atoms with van der Waals surface area (Å²) in [7, 11) is 0. The van der Waals surface area contributed by atoms with Gasteiger partial charge in [-0.25, -0.2) is 0 Å². The molecule has 72 valence electrons. The third kappa shape index (κ3) is 1.98. The van der Waals surface area contributed by atoms with Gasteiger partial charge in [-0.1, -0.05) is 26.8 Å². The summed E-state index contributed by atoms with van der Waals surface area (Å²) in [4.78, 5) is 0. The predicted molar refractivity (Wildman–Crippen MR) is 52.4 cm³/mol. The Balaban J connectivity index is 3.10. The maximum absolute atomic E-state index is 9.58. The van der Waals surface area contributed by atoms with Crippen LogP contribution in [0, 0.1) is 0 Å². The first kappa shape index (κ1) is 9.99. The molecule has 2 N–H and O–H groups in total. The van der Waals surface area contributed by atoms with Crippen molar-refractivity contribution in [1.29, 1.82) is 0 Å². The van der Waals surface area contributed by atoms with Crippen molar-refractivity contribution < 1.29 is 5.11 Å². The highest BCUT2D eigenvalue weighted by Gasteiger charge is 2.22. The summed E-state index contributed by atoms with van der Waals surface area (Å²) in [5.41, 5.74) is 1.73. The minimum absolute atomic E-state index is 0.0319. The smallest absolute Gasteiger partial charge is 0.100 e. The fraction of sp³-hybridized carbons (Fsp3) is 0.500. The molecule has 0 saturated carbocycles. The fourth-order valence-electron chi connectivity index (χ4n) is 1.25. The van der Waals surface area contributed by atoms with Gasteiger partial charge in [-0.2, -0.15) is 5.10 Å². The first-order chi connectivity index (χ1) is 5.96. The highest BCUT2D eigenvalue weighted by atomic mass is 16.3. The monoisotopic (exact) mass is 180 g/mol. The first-order valence-electron chi connectivity index (χ1n) is 4.31. The largest absolute Gasteiger partial charge is 0.384 e. The minimum Gasteiger partial charge on any atom is -0.384 e. The summed E-state index contributed by atoms with van der Waals surface area (Å²) in [6, 6.07) is 0. The average Bonchev–Trinajstić information content (AvgIpc) is 2.49. The third-order valence-corrected chi connectivity index (χ3v) is 1.96. The highest BCUT2D eigenvalue weighted by Crippen LogP contribution is 2.27. The van der Waals surface area contributed by atoms with Crippen LogP contribution >= 0.6 is 0 Å². The van der Waals surface area contributed by atoms with E-state index in [-0.39, 0.29) is 5.41 Å². The molecule has 0 aliphatic carbocycles. The van der Waals surface area contributed by atoms with Crippen molar-refractivity contribution in [3.63, 3.8) is 0 Å². The van der Waals surface area contributed by atoms with Crippen LogP contribution in [-0.4, -0.2) is 15.3 Å². The van der Waals surface area contributed by atoms with E-state index in [0.717, 1.165) is 11.3 Å². The number of hydrogen-bond donors (Lipinski definition) is 2. The number of rotatable bonds is 2. The predicted octanol–water partition coefficient (Wildman–Crippen LogP) is 1.93. The van der Waals surface area contributed by atoms with Crippen LogP contribution in [0.2, 0.25) is 0 Å². The number of aliphatic hydroxyl groups excluding tert-OH is 1. The second kappa shape index (κ2) is 3.34. The highest BCUT2D eigenvalue weighted by molar-refractivity contribution is 5.27. The Morgan fingerprint density at radius 1 is 1.62 bits per heavy atom. The SMILES string of the molecule is C=CC(O)c1cn[nH]c1C(C)(C)C. The molecule has 0 spiro atoms. The molecule has 1 aromatic heterocycles. The second-order valence-electron chi connectivity index (χ2n) is 4.13. The molecular formula is C10H16N2O. The zero-order valence-electron chi connectivity index (χ0n) is 8.33. The van der Waals surface area contributed by atoms with Gasteiger partial charge < -0.3 is 5.11 Å². The van der Waals surface area contributed by atoms with Crippen molar-refractivity contribution in [2.24, 2.45) is 0 Å². The molecule has 1 rings (SSSR count). The summed E-state index contributed by atoms with van der Waals surface area (Å²) in [5.74, 6) is 0. The third-order valence-electron chi connectivity index (χ3n) is 1.96. The van der Waals surface area contributed by atoms with E-state index >= 15 is 0 Å². The van der Waals surface area contributed by atoms with E-state index < -0.39 is 6.10 Å². The van der Waals surface area contributed by atoms with Crippen LogP contribution in [0.5, 0.6) is 0 Å². The number of aromatic amines is 1. The molecule has 0 radical (unpaired) electrons. The van der Waals surface area contributed by atoms with E-state index in [1.165, 1.54) is 6.08 Å². The Morgan fingerprint density at radius 2 is 2.23 bits per heavy atom. The molecule has 3 nitrogen and oxygen atoms in total. The van der Waals surface area contributed by atoms with Crippen molar-refractivity contribution in [3.8, 4) is 0 Å². The zero-order chi connectivity index (χ0) is 10.1. The Labute approximate surface area is 78.5 Å². The molecule has 0 bridgehead atoms. The average molecular weight is 180 g/mol. The van der Waals surface area contributed by atoms with Crippen molar-refractivity contribution in [2.45, 2.75) is 32.3 Å². The Kier molecular flexibility index (Phi) is 2.57. The lowest BCUT2D eigenvalue weighted by molar-refractivity contribution is 0.226. The lowest BCUT2D eigenvalue weighted by Crippen LogP contribution is -2.15. The molecule has 0 fully saturated rings. The number of nitrogens with one attached hydrogen (secondary N) is 1. The summed E-state index contributed by atoms with van der Waals surface area (Å²) >= 11 is 0. The Bertz CT molecular complexity index is 296. The van der Waals surface area contributed by atoms with Gasteiger partial charge in [-0.3, -0.25) is 5.10 Å². The van der Waals surface area contributed by atoms with Gasteiger partial charge in [-0.15, -0.1) is 6.58 Å². The van der Waals surface area contributed by atoms with E-state index in [0.29, 0.717) is 0 Å². The summed E-state index contributed by atoms with van der Waals surface area (Å²) in [6.45, 7) is 9.76.